The van der Waals surface area contributed by atoms with Crippen molar-refractivity contribution < 1.29 is 9.90 Å². The minimum absolute atomic E-state index is 0.0694. The average molecular weight is 158 g/mol. The monoisotopic (exact) mass is 158 g/mol. The zero-order chi connectivity index (χ0) is 8.32. The maximum absolute atomic E-state index is 10.5. The molecule has 1 atom stereocenters. The molecule has 1 saturated heterocycles. The lowest BCUT2D eigenvalue weighted by atomic mass is 9.91. The molecule has 0 aromatic rings. The Kier molecular flexibility index (Phi) is 2.46. The van der Waals surface area contributed by atoms with Gasteiger partial charge in [-0.25, -0.2) is 0 Å². The second-order valence-electron chi connectivity index (χ2n) is 3.15. The van der Waals surface area contributed by atoms with Crippen LogP contribution in [-0.4, -0.2) is 29.7 Å². The third-order valence-electron chi connectivity index (χ3n) is 1.95. The highest BCUT2D eigenvalue weighted by molar-refractivity contribution is 5.74. The van der Waals surface area contributed by atoms with Crippen molar-refractivity contribution in [3.05, 3.63) is 0 Å². The van der Waals surface area contributed by atoms with E-state index in [-0.39, 0.29) is 6.42 Å². The van der Waals surface area contributed by atoms with Crippen molar-refractivity contribution in [2.45, 2.75) is 24.9 Å². The molecule has 1 heterocycles. The Morgan fingerprint density at radius 1 is 1.73 bits per heavy atom. The van der Waals surface area contributed by atoms with Gasteiger partial charge >= 0.3 is 0 Å². The van der Waals surface area contributed by atoms with E-state index >= 15 is 0 Å². The lowest BCUT2D eigenvalue weighted by molar-refractivity contribution is -0.123. The van der Waals surface area contributed by atoms with E-state index in [9.17, 15) is 9.90 Å². The Labute approximate surface area is 65.8 Å². The Balaban J connectivity index is 2.43. The normalized spacial score (nSPS) is 31.7. The number of β-amino-alcohol motifs (C(OH)–C–C–N with tert-alkyl or cyclic N) is 1. The molecule has 1 fully saturated rings. The third-order valence-corrected chi connectivity index (χ3v) is 1.95. The van der Waals surface area contributed by atoms with E-state index in [1.807, 2.05) is 0 Å². The number of carbonyl (C=O) groups excluding carboxylic acids is 1. The molecule has 0 bridgehead atoms. The highest BCUT2D eigenvalue weighted by Crippen LogP contribution is 2.18. The van der Waals surface area contributed by atoms with Gasteiger partial charge in [-0.05, 0) is 19.4 Å². The molecule has 1 aliphatic heterocycles. The number of nitrogens with one attached hydrogen (secondary N) is 1. The lowest BCUT2D eigenvalue weighted by Crippen LogP contribution is -2.47. The van der Waals surface area contributed by atoms with E-state index in [0.29, 0.717) is 13.0 Å². The van der Waals surface area contributed by atoms with Crippen LogP contribution in [0.4, 0.5) is 0 Å². The van der Waals surface area contributed by atoms with E-state index in [0.717, 1.165) is 13.0 Å². The van der Waals surface area contributed by atoms with E-state index in [1.54, 1.807) is 0 Å². The lowest BCUT2D eigenvalue weighted by Gasteiger charge is -2.31. The smallest absolute Gasteiger partial charge is 0.220 e. The van der Waals surface area contributed by atoms with Gasteiger partial charge in [-0.1, -0.05) is 0 Å². The number of aliphatic hydroxyl groups is 1. The summed E-state index contributed by atoms with van der Waals surface area (Å²) < 4.78 is 0. The molecule has 0 aliphatic carbocycles. The quantitative estimate of drug-likeness (QED) is 0.481. The molecule has 4 N–H and O–H groups in total. The van der Waals surface area contributed by atoms with Crippen LogP contribution in [0.1, 0.15) is 19.3 Å². The number of hydrogen-bond acceptors (Lipinski definition) is 3. The fourth-order valence-electron chi connectivity index (χ4n) is 1.43. The Morgan fingerprint density at radius 2 is 2.45 bits per heavy atom. The molecule has 1 amide bonds. The van der Waals surface area contributed by atoms with Crippen molar-refractivity contribution in [1.29, 1.82) is 0 Å². The maximum Gasteiger partial charge on any atom is 0.220 e. The number of piperidine rings is 1. The van der Waals surface area contributed by atoms with E-state index in [2.05, 4.69) is 5.32 Å². The van der Waals surface area contributed by atoms with Gasteiger partial charge in [-0.2, -0.15) is 0 Å². The van der Waals surface area contributed by atoms with Gasteiger partial charge < -0.3 is 16.2 Å². The summed E-state index contributed by atoms with van der Waals surface area (Å²) in [6.07, 6.45) is 1.65. The largest absolute Gasteiger partial charge is 0.388 e. The molecular weight excluding hydrogens is 144 g/mol. The maximum atomic E-state index is 10.5. The summed E-state index contributed by atoms with van der Waals surface area (Å²) in [6, 6.07) is 0. The zero-order valence-corrected chi connectivity index (χ0v) is 6.47. The fourth-order valence-corrected chi connectivity index (χ4v) is 1.43. The summed E-state index contributed by atoms with van der Waals surface area (Å²) in [5, 5.41) is 12.7. The fraction of sp³-hybridized carbons (Fsp3) is 0.857. The highest BCUT2D eigenvalue weighted by Gasteiger charge is 2.30. The van der Waals surface area contributed by atoms with Crippen LogP contribution < -0.4 is 11.1 Å². The van der Waals surface area contributed by atoms with Crippen LogP contribution >= 0.6 is 0 Å². The predicted octanol–water partition coefficient (Wildman–Crippen LogP) is -1.02. The van der Waals surface area contributed by atoms with E-state index in [4.69, 9.17) is 5.73 Å². The van der Waals surface area contributed by atoms with Gasteiger partial charge in [0.05, 0.1) is 12.0 Å². The molecule has 0 saturated carbocycles. The van der Waals surface area contributed by atoms with Crippen molar-refractivity contribution in [2.75, 3.05) is 13.1 Å². The molecule has 4 heteroatoms. The second kappa shape index (κ2) is 3.19. The van der Waals surface area contributed by atoms with Crippen LogP contribution in [0.5, 0.6) is 0 Å². The molecule has 0 unspecified atom stereocenters. The summed E-state index contributed by atoms with van der Waals surface area (Å²) in [5.41, 5.74) is 4.10. The van der Waals surface area contributed by atoms with Gasteiger partial charge in [0.1, 0.15) is 0 Å². The summed E-state index contributed by atoms with van der Waals surface area (Å²) in [7, 11) is 0. The molecule has 64 valence electrons. The van der Waals surface area contributed by atoms with Crippen molar-refractivity contribution in [1.82, 2.24) is 5.32 Å². The number of nitrogens with two attached hydrogens (primary N) is 1. The van der Waals surface area contributed by atoms with Crippen LogP contribution in [0.25, 0.3) is 0 Å². The van der Waals surface area contributed by atoms with Crippen LogP contribution in [-0.2, 0) is 4.79 Å². The minimum atomic E-state index is -0.885. The molecule has 4 nitrogen and oxygen atoms in total. The summed E-state index contributed by atoms with van der Waals surface area (Å²) >= 11 is 0. The number of amides is 1. The molecule has 1 aliphatic rings. The first-order chi connectivity index (χ1) is 5.12. The number of primary amides is 1. The van der Waals surface area contributed by atoms with Gasteiger partial charge in [-0.15, -0.1) is 0 Å². The summed E-state index contributed by atoms with van der Waals surface area (Å²) in [4.78, 5) is 10.5. The van der Waals surface area contributed by atoms with E-state index < -0.39 is 11.5 Å². The van der Waals surface area contributed by atoms with Gasteiger partial charge in [0.25, 0.3) is 0 Å². The predicted molar refractivity (Wildman–Crippen MR) is 40.9 cm³/mol. The van der Waals surface area contributed by atoms with Crippen LogP contribution in [0.15, 0.2) is 0 Å². The highest BCUT2D eigenvalue weighted by atomic mass is 16.3. The Bertz CT molecular complexity index is 153. The second-order valence-corrected chi connectivity index (χ2v) is 3.15. The van der Waals surface area contributed by atoms with E-state index in [1.165, 1.54) is 0 Å². The number of rotatable bonds is 2. The molecule has 1 rings (SSSR count). The summed E-state index contributed by atoms with van der Waals surface area (Å²) in [5.74, 6) is -0.434. The first-order valence-corrected chi connectivity index (χ1v) is 3.84. The molecular formula is C7H14N2O2. The first-order valence-electron chi connectivity index (χ1n) is 3.84. The number of hydrogen-bond donors (Lipinski definition) is 3. The molecule has 0 spiro atoms. The standard InChI is InChI=1S/C7H14N2O2/c8-6(10)4-7(11)2-1-3-9-5-7/h9,11H,1-5H2,(H2,8,10)/t7-/m0/s1. The van der Waals surface area contributed by atoms with Gasteiger partial charge in [0, 0.05) is 6.54 Å². The Morgan fingerprint density at radius 3 is 2.91 bits per heavy atom. The Hall–Kier alpha value is -0.610. The molecule has 0 aromatic carbocycles. The van der Waals surface area contributed by atoms with Gasteiger partial charge in [0.2, 0.25) is 5.91 Å². The number of carbonyl (C=O) groups is 1. The SMILES string of the molecule is NC(=O)C[C@@]1(O)CCCNC1. The van der Waals surface area contributed by atoms with Crippen molar-refractivity contribution >= 4 is 5.91 Å². The van der Waals surface area contributed by atoms with Crippen molar-refractivity contribution in [2.24, 2.45) is 5.73 Å². The van der Waals surface area contributed by atoms with Crippen LogP contribution in [0.3, 0.4) is 0 Å². The van der Waals surface area contributed by atoms with Gasteiger partial charge in [-0.3, -0.25) is 4.79 Å². The van der Waals surface area contributed by atoms with Crippen LogP contribution in [0.2, 0.25) is 0 Å². The molecule has 0 radical (unpaired) electrons. The van der Waals surface area contributed by atoms with Crippen LogP contribution in [0, 0.1) is 0 Å². The zero-order valence-electron chi connectivity index (χ0n) is 6.47. The molecule has 11 heavy (non-hydrogen) atoms. The third kappa shape index (κ3) is 2.48. The van der Waals surface area contributed by atoms with Gasteiger partial charge in [0.15, 0.2) is 0 Å². The minimum Gasteiger partial charge on any atom is -0.388 e. The topological polar surface area (TPSA) is 75.4 Å². The first kappa shape index (κ1) is 8.49. The van der Waals surface area contributed by atoms with Crippen molar-refractivity contribution in [3.8, 4) is 0 Å². The average Bonchev–Trinajstić information content (AvgIpc) is 1.85. The van der Waals surface area contributed by atoms with Crippen molar-refractivity contribution in [3.63, 3.8) is 0 Å². The summed E-state index contributed by atoms with van der Waals surface area (Å²) in [6.45, 7) is 1.40. The molecule has 0 aromatic heterocycles.